The van der Waals surface area contributed by atoms with Crippen LogP contribution in [0, 0.1) is 17.7 Å². The van der Waals surface area contributed by atoms with Crippen LogP contribution in [0.25, 0.3) is 0 Å². The lowest BCUT2D eigenvalue weighted by Crippen LogP contribution is -2.58. The second-order valence-electron chi connectivity index (χ2n) is 9.63. The second-order valence-corrected chi connectivity index (χ2v) is 9.63. The zero-order valence-corrected chi connectivity index (χ0v) is 19.6. The SMILES string of the molecule is NC1NN2CC(F)CNC2C1C(=O)Nc1cncc(F)c1N1CCC(C(=O)N2CCNCC2)CC1. The summed E-state index contributed by atoms with van der Waals surface area (Å²) < 4.78 is 28.7. The van der Waals surface area contributed by atoms with Gasteiger partial charge in [-0.15, -0.1) is 0 Å². The van der Waals surface area contributed by atoms with Crippen molar-refractivity contribution in [3.05, 3.63) is 18.2 Å². The number of nitrogens with zero attached hydrogens (tertiary/aromatic N) is 4. The number of nitrogens with one attached hydrogen (secondary N) is 4. The largest absolute Gasteiger partial charge is 0.367 e. The number of piperidine rings is 1. The number of hydrazine groups is 1. The van der Waals surface area contributed by atoms with Crippen LogP contribution in [0.4, 0.5) is 20.2 Å². The zero-order chi connectivity index (χ0) is 24.5. The standard InChI is InChI=1S/C22H33F2N9O2/c23-14-9-28-20-17(19(25)30-33(20)12-14)21(34)29-16-11-27-10-15(24)18(16)31-5-1-13(2-6-31)22(35)32-7-3-26-4-8-32/h10-11,13-14,17,19-20,26,28,30H,1-9,12,25H2,(H,29,34). The first-order chi connectivity index (χ1) is 16.9. The monoisotopic (exact) mass is 493 g/mol. The molecule has 5 rings (SSSR count). The van der Waals surface area contributed by atoms with Gasteiger partial charge in [0.1, 0.15) is 11.9 Å². The van der Waals surface area contributed by atoms with Gasteiger partial charge in [-0.3, -0.25) is 19.9 Å². The maximum Gasteiger partial charge on any atom is 0.233 e. The van der Waals surface area contributed by atoms with Crippen LogP contribution in [0.2, 0.25) is 0 Å². The maximum atomic E-state index is 15.0. The van der Waals surface area contributed by atoms with Gasteiger partial charge in [0.25, 0.3) is 0 Å². The van der Waals surface area contributed by atoms with E-state index in [4.69, 9.17) is 5.73 Å². The molecule has 35 heavy (non-hydrogen) atoms. The highest BCUT2D eigenvalue weighted by atomic mass is 19.1. The molecule has 4 atom stereocenters. The van der Waals surface area contributed by atoms with E-state index in [-0.39, 0.29) is 36.3 Å². The van der Waals surface area contributed by atoms with E-state index in [0.29, 0.717) is 39.0 Å². The van der Waals surface area contributed by atoms with Crippen molar-refractivity contribution in [1.82, 2.24) is 31.0 Å². The topological polar surface area (TPSA) is 131 Å². The van der Waals surface area contributed by atoms with E-state index in [1.54, 1.807) is 5.01 Å². The molecule has 0 aliphatic carbocycles. The number of halogens is 2. The summed E-state index contributed by atoms with van der Waals surface area (Å²) >= 11 is 0. The number of alkyl halides is 1. The Kier molecular flexibility index (Phi) is 7.12. The van der Waals surface area contributed by atoms with Gasteiger partial charge in [0.15, 0.2) is 5.82 Å². The number of pyridine rings is 1. The molecular weight excluding hydrogens is 460 g/mol. The number of amides is 2. The molecule has 4 aliphatic rings. The molecule has 4 unspecified atom stereocenters. The van der Waals surface area contributed by atoms with Gasteiger partial charge in [-0.2, -0.15) is 0 Å². The fourth-order valence-electron chi connectivity index (χ4n) is 5.53. The molecule has 11 nitrogen and oxygen atoms in total. The Morgan fingerprint density at radius 2 is 1.89 bits per heavy atom. The van der Waals surface area contributed by atoms with Crippen LogP contribution in [0.3, 0.4) is 0 Å². The molecule has 192 valence electrons. The predicted octanol–water partition coefficient (Wildman–Crippen LogP) is -1.20. The molecule has 2 amide bonds. The van der Waals surface area contributed by atoms with Crippen molar-refractivity contribution in [2.75, 3.05) is 62.6 Å². The summed E-state index contributed by atoms with van der Waals surface area (Å²) in [7, 11) is 0. The molecule has 4 aliphatic heterocycles. The van der Waals surface area contributed by atoms with Crippen molar-refractivity contribution in [2.24, 2.45) is 17.6 Å². The number of fused-ring (bicyclic) bond motifs is 1. The minimum absolute atomic E-state index is 0.0856. The van der Waals surface area contributed by atoms with Crippen LogP contribution in [0.5, 0.6) is 0 Å². The highest BCUT2D eigenvalue weighted by Crippen LogP contribution is 2.33. The zero-order valence-electron chi connectivity index (χ0n) is 19.6. The number of nitrogens with two attached hydrogens (primary N) is 1. The van der Waals surface area contributed by atoms with E-state index in [1.165, 1.54) is 6.20 Å². The first-order valence-corrected chi connectivity index (χ1v) is 12.3. The normalized spacial score (nSPS) is 30.3. The summed E-state index contributed by atoms with van der Waals surface area (Å²) in [5, 5.41) is 10.7. The Morgan fingerprint density at radius 1 is 1.14 bits per heavy atom. The van der Waals surface area contributed by atoms with E-state index in [9.17, 15) is 18.4 Å². The minimum atomic E-state index is -1.06. The smallest absolute Gasteiger partial charge is 0.233 e. The van der Waals surface area contributed by atoms with Gasteiger partial charge in [0.2, 0.25) is 11.8 Å². The van der Waals surface area contributed by atoms with E-state index in [2.05, 4.69) is 26.4 Å². The third-order valence-electron chi connectivity index (χ3n) is 7.34. The molecule has 1 aromatic rings. The summed E-state index contributed by atoms with van der Waals surface area (Å²) in [6.45, 7) is 4.28. The van der Waals surface area contributed by atoms with Gasteiger partial charge < -0.3 is 26.2 Å². The fraction of sp³-hybridized carbons (Fsp3) is 0.682. The highest BCUT2D eigenvalue weighted by molar-refractivity contribution is 5.96. The molecule has 0 spiro atoms. The summed E-state index contributed by atoms with van der Waals surface area (Å²) in [5.41, 5.74) is 9.60. The predicted molar refractivity (Wildman–Crippen MR) is 125 cm³/mol. The van der Waals surface area contributed by atoms with Crippen molar-refractivity contribution in [3.8, 4) is 0 Å². The van der Waals surface area contributed by atoms with Gasteiger partial charge in [-0.05, 0) is 12.8 Å². The Bertz CT molecular complexity index is 940. The van der Waals surface area contributed by atoms with Crippen molar-refractivity contribution in [3.63, 3.8) is 0 Å². The molecular formula is C22H33F2N9O2. The quantitative estimate of drug-likeness (QED) is 0.351. The summed E-state index contributed by atoms with van der Waals surface area (Å²) in [6.07, 6.45) is 1.53. The number of hydrogen-bond acceptors (Lipinski definition) is 9. The molecule has 0 saturated carbocycles. The number of carbonyl (C=O) groups is 2. The van der Waals surface area contributed by atoms with Crippen LogP contribution in [0.1, 0.15) is 12.8 Å². The Hall–Kier alpha value is -2.45. The molecule has 4 fully saturated rings. The number of carbonyl (C=O) groups excluding carboxylic acids is 2. The highest BCUT2D eigenvalue weighted by Gasteiger charge is 2.47. The molecule has 6 N–H and O–H groups in total. The lowest BCUT2D eigenvalue weighted by molar-refractivity contribution is -0.136. The van der Waals surface area contributed by atoms with E-state index in [0.717, 1.165) is 19.3 Å². The van der Waals surface area contributed by atoms with Crippen LogP contribution in [0.15, 0.2) is 12.4 Å². The van der Waals surface area contributed by atoms with Crippen molar-refractivity contribution >= 4 is 23.2 Å². The first-order valence-electron chi connectivity index (χ1n) is 12.3. The van der Waals surface area contributed by atoms with Gasteiger partial charge in [-0.1, -0.05) is 0 Å². The summed E-state index contributed by atoms with van der Waals surface area (Å²) in [5.74, 6) is -1.57. The molecule has 0 bridgehead atoms. The Morgan fingerprint density at radius 3 is 2.63 bits per heavy atom. The van der Waals surface area contributed by atoms with Crippen molar-refractivity contribution in [1.29, 1.82) is 0 Å². The molecule has 4 saturated heterocycles. The van der Waals surface area contributed by atoms with Gasteiger partial charge in [0, 0.05) is 58.3 Å². The Labute approximate surface area is 202 Å². The van der Waals surface area contributed by atoms with Crippen LogP contribution < -0.4 is 32.0 Å². The van der Waals surface area contributed by atoms with E-state index < -0.39 is 36.1 Å². The fourth-order valence-corrected chi connectivity index (χ4v) is 5.53. The number of anilines is 2. The summed E-state index contributed by atoms with van der Waals surface area (Å²) in [6, 6.07) is 0. The average Bonchev–Trinajstić information content (AvgIpc) is 3.19. The average molecular weight is 494 g/mol. The number of aromatic nitrogens is 1. The van der Waals surface area contributed by atoms with Crippen LogP contribution in [-0.4, -0.2) is 97.6 Å². The first kappa shape index (κ1) is 24.3. The van der Waals surface area contributed by atoms with Gasteiger partial charge in [0.05, 0.1) is 36.3 Å². The van der Waals surface area contributed by atoms with Gasteiger partial charge >= 0.3 is 0 Å². The number of piperazine rings is 1. The minimum Gasteiger partial charge on any atom is -0.367 e. The number of rotatable bonds is 4. The molecule has 13 heteroatoms. The lowest BCUT2D eigenvalue weighted by Gasteiger charge is -2.37. The Balaban J connectivity index is 1.26. The molecule has 0 aromatic carbocycles. The van der Waals surface area contributed by atoms with Crippen LogP contribution >= 0.6 is 0 Å². The van der Waals surface area contributed by atoms with E-state index >= 15 is 0 Å². The summed E-state index contributed by atoms with van der Waals surface area (Å²) in [4.78, 5) is 33.8. The van der Waals surface area contributed by atoms with Crippen molar-refractivity contribution in [2.45, 2.75) is 31.3 Å². The third-order valence-corrected chi connectivity index (χ3v) is 7.34. The second kappa shape index (κ2) is 10.3. The molecule has 1 aromatic heterocycles. The third kappa shape index (κ3) is 4.96. The van der Waals surface area contributed by atoms with E-state index in [1.807, 2.05) is 9.80 Å². The maximum absolute atomic E-state index is 15.0. The van der Waals surface area contributed by atoms with Gasteiger partial charge in [-0.25, -0.2) is 19.2 Å². The molecule has 0 radical (unpaired) electrons. The van der Waals surface area contributed by atoms with Crippen molar-refractivity contribution < 1.29 is 18.4 Å². The lowest BCUT2D eigenvalue weighted by atomic mass is 9.94. The van der Waals surface area contributed by atoms with Crippen LogP contribution in [-0.2, 0) is 9.59 Å². The number of hydrogen-bond donors (Lipinski definition) is 5. The molecule has 5 heterocycles.